The maximum atomic E-state index is 12.9. The number of esters is 1. The molecule has 36 heavy (non-hydrogen) atoms. The molecule has 0 saturated heterocycles. The van der Waals surface area contributed by atoms with Crippen LogP contribution in [0.2, 0.25) is 0 Å². The monoisotopic (exact) mass is 492 g/mol. The van der Waals surface area contributed by atoms with E-state index in [0.29, 0.717) is 5.75 Å². The van der Waals surface area contributed by atoms with E-state index in [0.717, 1.165) is 49.8 Å². The van der Waals surface area contributed by atoms with E-state index in [1.165, 1.54) is 36.0 Å². The van der Waals surface area contributed by atoms with Gasteiger partial charge in [0.1, 0.15) is 17.1 Å². The van der Waals surface area contributed by atoms with Crippen molar-refractivity contribution < 1.29 is 14.3 Å². The lowest BCUT2D eigenvalue weighted by atomic mass is 9.65. The van der Waals surface area contributed by atoms with Crippen LogP contribution < -0.4 is 9.47 Å². The zero-order valence-electron chi connectivity index (χ0n) is 24.1. The average molecular weight is 493 g/mol. The van der Waals surface area contributed by atoms with Gasteiger partial charge in [0.15, 0.2) is 0 Å². The zero-order valence-corrected chi connectivity index (χ0v) is 24.1. The molecule has 3 rings (SSSR count). The fraction of sp³-hybridized carbons (Fsp3) is 0.606. The number of benzene rings is 2. The highest BCUT2D eigenvalue weighted by molar-refractivity contribution is 5.79. The standard InChI is InChI=1S/C33H48O3/c1-9-31(7,10-2)30(34)35-28-18-16-26(22-24(28)5)33(20-14-13-15-21-33)27-17-19-29(25(6)23-27)36-32(8,11-3)12-4/h16-19,22-23H,9-15,20-21H2,1-8H3. The molecule has 198 valence electrons. The van der Waals surface area contributed by atoms with Gasteiger partial charge < -0.3 is 9.47 Å². The minimum Gasteiger partial charge on any atom is -0.487 e. The van der Waals surface area contributed by atoms with Crippen molar-refractivity contribution in [2.45, 2.75) is 124 Å². The third-order valence-corrected chi connectivity index (χ3v) is 9.27. The summed E-state index contributed by atoms with van der Waals surface area (Å²) in [6.07, 6.45) is 9.53. The van der Waals surface area contributed by atoms with Crippen LogP contribution in [0, 0.1) is 19.3 Å². The second-order valence-electron chi connectivity index (χ2n) is 11.5. The van der Waals surface area contributed by atoms with Gasteiger partial charge in [-0.2, -0.15) is 0 Å². The molecule has 0 heterocycles. The van der Waals surface area contributed by atoms with Crippen LogP contribution in [0.1, 0.15) is 122 Å². The van der Waals surface area contributed by atoms with Gasteiger partial charge in [-0.3, -0.25) is 4.79 Å². The van der Waals surface area contributed by atoms with Crippen LogP contribution in [-0.2, 0) is 10.2 Å². The van der Waals surface area contributed by atoms with Gasteiger partial charge in [-0.25, -0.2) is 0 Å². The van der Waals surface area contributed by atoms with Crippen molar-refractivity contribution in [1.82, 2.24) is 0 Å². The molecular formula is C33H48O3. The van der Waals surface area contributed by atoms with E-state index in [9.17, 15) is 4.79 Å². The molecule has 1 saturated carbocycles. The van der Waals surface area contributed by atoms with Crippen molar-refractivity contribution in [2.24, 2.45) is 5.41 Å². The number of hydrogen-bond acceptors (Lipinski definition) is 3. The van der Waals surface area contributed by atoms with Gasteiger partial charge in [0.25, 0.3) is 0 Å². The summed E-state index contributed by atoms with van der Waals surface area (Å²) in [4.78, 5) is 12.9. The van der Waals surface area contributed by atoms with Crippen molar-refractivity contribution in [1.29, 1.82) is 0 Å². The highest BCUT2D eigenvalue weighted by Crippen LogP contribution is 2.47. The van der Waals surface area contributed by atoms with Crippen LogP contribution >= 0.6 is 0 Å². The van der Waals surface area contributed by atoms with E-state index in [4.69, 9.17) is 9.47 Å². The Kier molecular flexibility index (Phi) is 8.96. The molecular weight excluding hydrogens is 444 g/mol. The number of hydrogen-bond donors (Lipinski definition) is 0. The van der Waals surface area contributed by atoms with Crippen LogP contribution in [0.15, 0.2) is 36.4 Å². The van der Waals surface area contributed by atoms with Gasteiger partial charge in [-0.15, -0.1) is 0 Å². The van der Waals surface area contributed by atoms with Crippen molar-refractivity contribution in [3.8, 4) is 11.5 Å². The van der Waals surface area contributed by atoms with Gasteiger partial charge in [-0.05, 0) is 101 Å². The summed E-state index contributed by atoms with van der Waals surface area (Å²) < 4.78 is 12.4. The number of carbonyl (C=O) groups excluding carboxylic acids is 1. The Balaban J connectivity index is 1.96. The predicted octanol–water partition coefficient (Wildman–Crippen LogP) is 9.24. The molecule has 0 N–H and O–H groups in total. The number of aryl methyl sites for hydroxylation is 2. The fourth-order valence-electron chi connectivity index (χ4n) is 5.44. The molecule has 0 aliphatic heterocycles. The first-order chi connectivity index (χ1) is 17.1. The van der Waals surface area contributed by atoms with Crippen LogP contribution in [0.4, 0.5) is 0 Å². The minimum atomic E-state index is -0.442. The Labute approximate surface area is 220 Å². The predicted molar refractivity (Wildman–Crippen MR) is 150 cm³/mol. The molecule has 3 nitrogen and oxygen atoms in total. The van der Waals surface area contributed by atoms with Crippen molar-refractivity contribution in [2.75, 3.05) is 0 Å². The second kappa shape index (κ2) is 11.4. The zero-order chi connectivity index (χ0) is 26.6. The highest BCUT2D eigenvalue weighted by atomic mass is 16.5. The van der Waals surface area contributed by atoms with Gasteiger partial charge in [0.05, 0.1) is 5.41 Å². The minimum absolute atomic E-state index is 0.0188. The molecule has 0 bridgehead atoms. The average Bonchev–Trinajstić information content (AvgIpc) is 2.90. The van der Waals surface area contributed by atoms with Gasteiger partial charge in [0, 0.05) is 5.41 Å². The summed E-state index contributed by atoms with van der Waals surface area (Å²) in [5.41, 5.74) is 4.33. The van der Waals surface area contributed by atoms with Crippen LogP contribution in [0.3, 0.4) is 0 Å². The molecule has 3 heteroatoms. The Hall–Kier alpha value is -2.29. The van der Waals surface area contributed by atoms with Crippen LogP contribution in [-0.4, -0.2) is 11.6 Å². The summed E-state index contributed by atoms with van der Waals surface area (Å²) in [7, 11) is 0. The summed E-state index contributed by atoms with van der Waals surface area (Å²) in [6.45, 7) is 16.9. The van der Waals surface area contributed by atoms with E-state index in [2.05, 4.69) is 78.8 Å². The molecule has 2 aromatic carbocycles. The smallest absolute Gasteiger partial charge is 0.317 e. The van der Waals surface area contributed by atoms with E-state index in [1.807, 2.05) is 13.0 Å². The molecule has 0 radical (unpaired) electrons. The number of rotatable bonds is 10. The first kappa shape index (κ1) is 28.3. The largest absolute Gasteiger partial charge is 0.487 e. The molecule has 1 aliphatic carbocycles. The SMILES string of the molecule is CCC(C)(CC)Oc1ccc(C2(c3ccc(OC(=O)C(C)(CC)CC)c(C)c3)CCCCC2)cc1C. The Morgan fingerprint density at radius 1 is 0.778 bits per heavy atom. The van der Waals surface area contributed by atoms with Crippen LogP contribution in [0.5, 0.6) is 11.5 Å². The van der Waals surface area contributed by atoms with Crippen molar-refractivity contribution in [3.63, 3.8) is 0 Å². The normalized spacial score (nSPS) is 16.0. The van der Waals surface area contributed by atoms with Crippen LogP contribution in [0.25, 0.3) is 0 Å². The van der Waals surface area contributed by atoms with E-state index >= 15 is 0 Å². The van der Waals surface area contributed by atoms with E-state index < -0.39 is 5.41 Å². The third-order valence-electron chi connectivity index (χ3n) is 9.27. The van der Waals surface area contributed by atoms with Gasteiger partial charge in [-0.1, -0.05) is 71.2 Å². The molecule has 0 spiro atoms. The van der Waals surface area contributed by atoms with Crippen molar-refractivity contribution >= 4 is 5.97 Å². The van der Waals surface area contributed by atoms with E-state index in [1.54, 1.807) is 0 Å². The fourth-order valence-corrected chi connectivity index (χ4v) is 5.44. The summed E-state index contributed by atoms with van der Waals surface area (Å²) >= 11 is 0. The Bertz CT molecular complexity index is 1040. The first-order valence-electron chi connectivity index (χ1n) is 14.2. The molecule has 0 unspecified atom stereocenters. The lowest BCUT2D eigenvalue weighted by Crippen LogP contribution is -2.32. The summed E-state index contributed by atoms with van der Waals surface area (Å²) in [5.74, 6) is 1.54. The molecule has 0 amide bonds. The molecule has 2 aromatic rings. The quantitative estimate of drug-likeness (QED) is 0.245. The topological polar surface area (TPSA) is 35.5 Å². The lowest BCUT2D eigenvalue weighted by Gasteiger charge is -2.39. The first-order valence-corrected chi connectivity index (χ1v) is 14.2. The summed E-state index contributed by atoms with van der Waals surface area (Å²) in [5, 5.41) is 0. The molecule has 1 fully saturated rings. The number of carbonyl (C=O) groups is 1. The lowest BCUT2D eigenvalue weighted by molar-refractivity contribution is -0.145. The van der Waals surface area contributed by atoms with Gasteiger partial charge in [0.2, 0.25) is 0 Å². The second-order valence-corrected chi connectivity index (χ2v) is 11.5. The Morgan fingerprint density at radius 2 is 1.28 bits per heavy atom. The Morgan fingerprint density at radius 3 is 1.72 bits per heavy atom. The maximum Gasteiger partial charge on any atom is 0.317 e. The maximum absolute atomic E-state index is 12.9. The molecule has 0 atom stereocenters. The highest BCUT2D eigenvalue weighted by Gasteiger charge is 2.37. The molecule has 0 aromatic heterocycles. The third kappa shape index (κ3) is 5.66. The van der Waals surface area contributed by atoms with Crippen molar-refractivity contribution in [3.05, 3.63) is 58.7 Å². The van der Waals surface area contributed by atoms with Gasteiger partial charge >= 0.3 is 5.97 Å². The number of ether oxygens (including phenoxy) is 2. The summed E-state index contributed by atoms with van der Waals surface area (Å²) in [6, 6.07) is 13.3. The van der Waals surface area contributed by atoms with E-state index in [-0.39, 0.29) is 17.0 Å². The molecule has 1 aliphatic rings.